The number of nitro benzene ring substituents is 1. The van der Waals surface area contributed by atoms with Gasteiger partial charge in [0.05, 0.1) is 24.6 Å². The zero-order chi connectivity index (χ0) is 19.9. The molecule has 2 aromatic rings. The SMILES string of the molecule is O=C(CCC(=O)c1ccccc1)Oc1ccc(C2OCCCO2)cc1[N+](=O)[O-]. The van der Waals surface area contributed by atoms with E-state index in [0.29, 0.717) is 24.3 Å². The van der Waals surface area contributed by atoms with Crippen LogP contribution < -0.4 is 4.74 Å². The summed E-state index contributed by atoms with van der Waals surface area (Å²) in [5.74, 6) is -1.10. The van der Waals surface area contributed by atoms with Crippen molar-refractivity contribution in [3.05, 3.63) is 69.8 Å². The molecule has 0 bridgehead atoms. The van der Waals surface area contributed by atoms with Crippen LogP contribution in [0.1, 0.15) is 41.5 Å². The van der Waals surface area contributed by atoms with E-state index < -0.39 is 17.2 Å². The highest BCUT2D eigenvalue weighted by atomic mass is 16.7. The summed E-state index contributed by atoms with van der Waals surface area (Å²) in [5, 5.41) is 11.4. The van der Waals surface area contributed by atoms with Gasteiger partial charge in [0.15, 0.2) is 12.1 Å². The molecule has 1 saturated heterocycles. The largest absolute Gasteiger partial charge is 0.419 e. The van der Waals surface area contributed by atoms with Gasteiger partial charge in [-0.2, -0.15) is 0 Å². The summed E-state index contributed by atoms with van der Waals surface area (Å²) < 4.78 is 16.0. The number of benzene rings is 2. The molecule has 0 radical (unpaired) electrons. The van der Waals surface area contributed by atoms with E-state index in [1.165, 1.54) is 12.1 Å². The van der Waals surface area contributed by atoms with Gasteiger partial charge in [-0.3, -0.25) is 19.7 Å². The van der Waals surface area contributed by atoms with Gasteiger partial charge in [-0.05, 0) is 18.6 Å². The van der Waals surface area contributed by atoms with Gasteiger partial charge in [-0.1, -0.05) is 30.3 Å². The highest BCUT2D eigenvalue weighted by molar-refractivity contribution is 5.97. The van der Waals surface area contributed by atoms with Crippen molar-refractivity contribution in [3.63, 3.8) is 0 Å². The Labute approximate surface area is 161 Å². The molecule has 3 rings (SSSR count). The van der Waals surface area contributed by atoms with Gasteiger partial charge < -0.3 is 14.2 Å². The molecule has 1 fully saturated rings. The monoisotopic (exact) mass is 385 g/mol. The fraction of sp³-hybridized carbons (Fsp3) is 0.300. The topological polar surface area (TPSA) is 105 Å². The van der Waals surface area contributed by atoms with Crippen LogP contribution in [0.5, 0.6) is 5.75 Å². The van der Waals surface area contributed by atoms with Gasteiger partial charge in [0.2, 0.25) is 5.75 Å². The summed E-state index contributed by atoms with van der Waals surface area (Å²) in [7, 11) is 0. The Kier molecular flexibility index (Phi) is 6.46. The molecule has 0 amide bonds. The Hall–Kier alpha value is -3.10. The quantitative estimate of drug-likeness (QED) is 0.236. The molecule has 8 nitrogen and oxygen atoms in total. The van der Waals surface area contributed by atoms with E-state index >= 15 is 0 Å². The van der Waals surface area contributed by atoms with Crippen molar-refractivity contribution in [1.29, 1.82) is 0 Å². The maximum atomic E-state index is 12.1. The van der Waals surface area contributed by atoms with Crippen molar-refractivity contribution < 1.29 is 28.7 Å². The Bertz CT molecular complexity index is 860. The molecule has 2 aromatic carbocycles. The minimum atomic E-state index is -0.717. The fourth-order valence-corrected chi connectivity index (χ4v) is 2.75. The number of nitro groups is 1. The molecule has 1 heterocycles. The molecule has 0 unspecified atom stereocenters. The number of ether oxygens (including phenoxy) is 3. The first kappa shape index (κ1) is 19.7. The smallest absolute Gasteiger partial charge is 0.312 e. The van der Waals surface area contributed by atoms with E-state index in [1.54, 1.807) is 36.4 Å². The van der Waals surface area contributed by atoms with Crippen LogP contribution in [0.15, 0.2) is 48.5 Å². The predicted octanol–water partition coefficient (Wildman–Crippen LogP) is 3.60. The second-order valence-electron chi connectivity index (χ2n) is 6.17. The Morgan fingerprint density at radius 1 is 1.07 bits per heavy atom. The van der Waals surface area contributed by atoms with Crippen molar-refractivity contribution >= 4 is 17.4 Å². The lowest BCUT2D eigenvalue weighted by atomic mass is 10.1. The van der Waals surface area contributed by atoms with Crippen molar-refractivity contribution in [1.82, 2.24) is 0 Å². The fourth-order valence-electron chi connectivity index (χ4n) is 2.75. The summed E-state index contributed by atoms with van der Waals surface area (Å²) in [5.41, 5.74) is 0.613. The number of Topliss-reactive ketones (excluding diaryl/α,β-unsaturated/α-hetero) is 1. The first-order valence-electron chi connectivity index (χ1n) is 8.85. The zero-order valence-electron chi connectivity index (χ0n) is 15.0. The lowest BCUT2D eigenvalue weighted by molar-refractivity contribution is -0.385. The number of nitrogens with zero attached hydrogens (tertiary/aromatic N) is 1. The van der Waals surface area contributed by atoms with E-state index in [1.807, 2.05) is 0 Å². The van der Waals surface area contributed by atoms with Crippen LogP contribution in [-0.4, -0.2) is 29.9 Å². The standard InChI is InChI=1S/C20H19NO7/c22-17(14-5-2-1-3-6-14)8-10-19(23)28-18-9-7-15(13-16(18)21(24)25)20-26-11-4-12-27-20/h1-3,5-7,9,13,20H,4,8,10-12H2. The molecule has 0 atom stereocenters. The lowest BCUT2D eigenvalue weighted by Crippen LogP contribution is -2.18. The third-order valence-electron chi connectivity index (χ3n) is 4.15. The van der Waals surface area contributed by atoms with Crippen LogP contribution in [0.4, 0.5) is 5.69 Å². The molecule has 1 aliphatic heterocycles. The van der Waals surface area contributed by atoms with Crippen molar-refractivity contribution in [2.24, 2.45) is 0 Å². The van der Waals surface area contributed by atoms with E-state index in [2.05, 4.69) is 0 Å². The van der Waals surface area contributed by atoms with E-state index in [-0.39, 0.29) is 30.1 Å². The third kappa shape index (κ3) is 4.99. The van der Waals surface area contributed by atoms with Crippen LogP contribution in [0.25, 0.3) is 0 Å². The first-order chi connectivity index (χ1) is 13.5. The summed E-state index contributed by atoms with van der Waals surface area (Å²) in [6.45, 7) is 1.01. The highest BCUT2D eigenvalue weighted by Gasteiger charge is 2.24. The van der Waals surface area contributed by atoms with Crippen molar-refractivity contribution in [2.45, 2.75) is 25.6 Å². The van der Waals surface area contributed by atoms with Crippen LogP contribution in [0.2, 0.25) is 0 Å². The first-order valence-corrected chi connectivity index (χ1v) is 8.85. The van der Waals surface area contributed by atoms with Gasteiger partial charge in [-0.25, -0.2) is 0 Å². The van der Waals surface area contributed by atoms with Crippen LogP contribution in [0.3, 0.4) is 0 Å². The summed E-state index contributed by atoms with van der Waals surface area (Å²) >= 11 is 0. The van der Waals surface area contributed by atoms with Gasteiger partial charge in [0, 0.05) is 23.6 Å². The summed E-state index contributed by atoms with van der Waals surface area (Å²) in [4.78, 5) is 34.8. The molecule has 0 saturated carbocycles. The molecule has 28 heavy (non-hydrogen) atoms. The van der Waals surface area contributed by atoms with Crippen LogP contribution in [-0.2, 0) is 14.3 Å². The molecule has 146 valence electrons. The Morgan fingerprint density at radius 3 is 2.46 bits per heavy atom. The van der Waals surface area contributed by atoms with Gasteiger partial charge in [-0.15, -0.1) is 0 Å². The summed E-state index contributed by atoms with van der Waals surface area (Å²) in [6, 6.07) is 12.7. The number of ketones is 1. The van der Waals surface area contributed by atoms with E-state index in [9.17, 15) is 19.7 Å². The Morgan fingerprint density at radius 2 is 1.79 bits per heavy atom. The average molecular weight is 385 g/mol. The van der Waals surface area contributed by atoms with Crippen molar-refractivity contribution in [3.8, 4) is 5.75 Å². The molecule has 0 aliphatic carbocycles. The molecule has 8 heteroatoms. The van der Waals surface area contributed by atoms with E-state index in [0.717, 1.165) is 6.42 Å². The molecule has 0 aromatic heterocycles. The Balaban J connectivity index is 1.64. The number of rotatable bonds is 7. The second-order valence-corrected chi connectivity index (χ2v) is 6.17. The number of carbonyl (C=O) groups excluding carboxylic acids is 2. The molecular weight excluding hydrogens is 366 g/mol. The van der Waals surface area contributed by atoms with Gasteiger partial charge in [0.25, 0.3) is 0 Å². The number of esters is 1. The maximum absolute atomic E-state index is 12.1. The minimum Gasteiger partial charge on any atom is -0.419 e. The van der Waals surface area contributed by atoms with Gasteiger partial charge in [0.1, 0.15) is 0 Å². The normalized spacial score (nSPS) is 14.4. The molecular formula is C20H19NO7. The summed E-state index contributed by atoms with van der Waals surface area (Å²) in [6.07, 6.45) is -0.142. The molecule has 0 N–H and O–H groups in total. The van der Waals surface area contributed by atoms with Crippen LogP contribution >= 0.6 is 0 Å². The van der Waals surface area contributed by atoms with Crippen molar-refractivity contribution in [2.75, 3.05) is 13.2 Å². The van der Waals surface area contributed by atoms with E-state index in [4.69, 9.17) is 14.2 Å². The third-order valence-corrected chi connectivity index (χ3v) is 4.15. The number of carbonyl (C=O) groups is 2. The zero-order valence-corrected chi connectivity index (χ0v) is 15.0. The second kappa shape index (κ2) is 9.20. The predicted molar refractivity (Wildman–Crippen MR) is 98.0 cm³/mol. The molecule has 1 aliphatic rings. The number of hydrogen-bond acceptors (Lipinski definition) is 7. The average Bonchev–Trinajstić information content (AvgIpc) is 2.73. The van der Waals surface area contributed by atoms with Crippen LogP contribution in [0, 0.1) is 10.1 Å². The highest BCUT2D eigenvalue weighted by Crippen LogP contribution is 2.33. The minimum absolute atomic E-state index is 0.0432. The maximum Gasteiger partial charge on any atom is 0.312 e. The van der Waals surface area contributed by atoms with Gasteiger partial charge >= 0.3 is 11.7 Å². The lowest BCUT2D eigenvalue weighted by Gasteiger charge is -2.23. The molecule has 0 spiro atoms. The number of hydrogen-bond donors (Lipinski definition) is 0.